The predicted molar refractivity (Wildman–Crippen MR) is 197 cm³/mol. The number of nitrogens with one attached hydrogen (secondary N) is 2. The topological polar surface area (TPSA) is 138 Å². The number of hydrogen-bond acceptors (Lipinski definition) is 10. The van der Waals surface area contributed by atoms with Crippen LogP contribution in [0.5, 0.6) is 11.5 Å². The molecule has 6 heterocycles. The maximum absolute atomic E-state index is 12.7. The highest BCUT2D eigenvalue weighted by Gasteiger charge is 2.42. The first-order valence-electron chi connectivity index (χ1n) is 18.3. The van der Waals surface area contributed by atoms with Gasteiger partial charge in [0.25, 0.3) is 11.5 Å². The minimum atomic E-state index is -0.723. The van der Waals surface area contributed by atoms with Crippen molar-refractivity contribution in [2.75, 3.05) is 58.4 Å². The molecule has 2 N–H and O–H groups in total. The lowest BCUT2D eigenvalue weighted by molar-refractivity contribution is -0.134. The molecule has 4 aliphatic heterocycles. The third kappa shape index (κ3) is 7.03. The number of carbonyl (C=O) groups excluding carboxylic acids is 3. The number of anilines is 1. The number of pyridine rings is 2. The van der Waals surface area contributed by atoms with Crippen LogP contribution >= 0.6 is 0 Å². The Hall–Kier alpha value is -4.75. The molecule has 2 aromatic heterocycles. The van der Waals surface area contributed by atoms with Crippen LogP contribution in [0.2, 0.25) is 0 Å². The fraction of sp³-hybridized carbons (Fsp3) is 0.513. The van der Waals surface area contributed by atoms with Crippen molar-refractivity contribution < 1.29 is 23.9 Å². The van der Waals surface area contributed by atoms with E-state index >= 15 is 0 Å². The van der Waals surface area contributed by atoms with Crippen molar-refractivity contribution >= 4 is 23.4 Å². The molecular formula is C39H49N7O6. The van der Waals surface area contributed by atoms with Crippen LogP contribution in [0, 0.1) is 25.7 Å². The number of aryl methyl sites for hydroxylation is 1. The van der Waals surface area contributed by atoms with Crippen molar-refractivity contribution in [3.8, 4) is 22.6 Å². The summed E-state index contributed by atoms with van der Waals surface area (Å²) in [6.45, 7) is 10.7. The first-order chi connectivity index (χ1) is 25.0. The van der Waals surface area contributed by atoms with Crippen molar-refractivity contribution in [1.29, 1.82) is 0 Å². The summed E-state index contributed by atoms with van der Waals surface area (Å²) in [5.74, 6) is 1.57. The quantitative estimate of drug-likeness (QED) is 0.319. The third-order valence-electron chi connectivity index (χ3n) is 11.7. The molecule has 13 nitrogen and oxygen atoms in total. The van der Waals surface area contributed by atoms with Crippen LogP contribution < -0.4 is 30.6 Å². The molecule has 3 unspecified atom stereocenters. The fourth-order valence-corrected chi connectivity index (χ4v) is 8.54. The summed E-state index contributed by atoms with van der Waals surface area (Å²) in [7, 11) is 5.19. The van der Waals surface area contributed by atoms with Crippen LogP contribution in [0.1, 0.15) is 52.9 Å². The largest absolute Gasteiger partial charge is 0.496 e. The maximum Gasteiger partial charge on any atom is 0.270 e. The van der Waals surface area contributed by atoms with Gasteiger partial charge in [0.1, 0.15) is 23.2 Å². The SMILES string of the molecule is COc1cc(-c2cn(C)c(=O)c(C)c2C)cc(OC)c1CN1CCC(N2CC3CN(c4ccc(C(=O)NC5CCC(=O)NC5=O)nc4)CC3C2)CC1. The molecule has 3 atom stereocenters. The van der Waals surface area contributed by atoms with Crippen molar-refractivity contribution in [3.05, 3.63) is 69.4 Å². The molecule has 0 radical (unpaired) electrons. The minimum absolute atomic E-state index is 0.0123. The molecule has 0 spiro atoms. The summed E-state index contributed by atoms with van der Waals surface area (Å²) in [5, 5.41) is 4.96. The Bertz CT molecular complexity index is 1880. The maximum atomic E-state index is 12.7. The molecule has 3 aromatic rings. The smallest absolute Gasteiger partial charge is 0.270 e. The van der Waals surface area contributed by atoms with E-state index in [1.54, 1.807) is 38.1 Å². The zero-order valence-corrected chi connectivity index (χ0v) is 30.7. The third-order valence-corrected chi connectivity index (χ3v) is 11.7. The van der Waals surface area contributed by atoms with Gasteiger partial charge in [-0.15, -0.1) is 0 Å². The van der Waals surface area contributed by atoms with E-state index < -0.39 is 17.9 Å². The van der Waals surface area contributed by atoms with E-state index in [4.69, 9.17) is 9.47 Å². The van der Waals surface area contributed by atoms with E-state index in [0.29, 0.717) is 24.3 Å². The summed E-state index contributed by atoms with van der Waals surface area (Å²) < 4.78 is 13.5. The van der Waals surface area contributed by atoms with Gasteiger partial charge in [-0.2, -0.15) is 0 Å². The van der Waals surface area contributed by atoms with Crippen molar-refractivity contribution in [1.82, 2.24) is 30.0 Å². The Morgan fingerprint density at radius 2 is 1.62 bits per heavy atom. The number of ether oxygens (including phenoxy) is 2. The molecule has 0 aliphatic carbocycles. The van der Waals surface area contributed by atoms with Gasteiger partial charge < -0.3 is 24.3 Å². The van der Waals surface area contributed by atoms with E-state index in [0.717, 1.165) is 104 Å². The zero-order chi connectivity index (χ0) is 36.7. The van der Waals surface area contributed by atoms with Crippen molar-refractivity contribution in [2.45, 2.75) is 58.2 Å². The van der Waals surface area contributed by atoms with Crippen LogP contribution in [0.3, 0.4) is 0 Å². The lowest BCUT2D eigenvalue weighted by atomic mass is 9.96. The number of piperidine rings is 2. The molecule has 1 aromatic carbocycles. The highest BCUT2D eigenvalue weighted by Crippen LogP contribution is 2.39. The van der Waals surface area contributed by atoms with Crippen molar-refractivity contribution in [3.63, 3.8) is 0 Å². The molecule has 4 aliphatic rings. The van der Waals surface area contributed by atoms with E-state index in [1.165, 1.54) is 0 Å². The molecule has 0 bridgehead atoms. The summed E-state index contributed by atoms with van der Waals surface area (Å²) in [4.78, 5) is 60.6. The monoisotopic (exact) mass is 711 g/mol. The Balaban J connectivity index is 0.915. The molecular weight excluding hydrogens is 662 g/mol. The van der Waals surface area contributed by atoms with E-state index in [2.05, 4.69) is 42.5 Å². The molecule has 4 saturated heterocycles. The molecule has 52 heavy (non-hydrogen) atoms. The van der Waals surface area contributed by atoms with Gasteiger partial charge in [-0.1, -0.05) is 0 Å². The lowest BCUT2D eigenvalue weighted by Gasteiger charge is -2.37. The number of fused-ring (bicyclic) bond motifs is 1. The van der Waals surface area contributed by atoms with Gasteiger partial charge in [-0.3, -0.25) is 34.3 Å². The Morgan fingerprint density at radius 1 is 0.942 bits per heavy atom. The van der Waals surface area contributed by atoms with Crippen LogP contribution in [-0.4, -0.2) is 103 Å². The molecule has 0 saturated carbocycles. The molecule has 4 fully saturated rings. The van der Waals surface area contributed by atoms with Crippen LogP contribution in [0.4, 0.5) is 5.69 Å². The van der Waals surface area contributed by atoms with Gasteiger partial charge in [0.05, 0.1) is 31.7 Å². The van der Waals surface area contributed by atoms with Gasteiger partial charge in [0.2, 0.25) is 11.8 Å². The number of amides is 3. The Labute approximate surface area is 304 Å². The number of hydrogen-bond donors (Lipinski definition) is 2. The van der Waals surface area contributed by atoms with Gasteiger partial charge in [-0.25, -0.2) is 4.98 Å². The average molecular weight is 712 g/mol. The molecule has 3 amide bonds. The summed E-state index contributed by atoms with van der Waals surface area (Å²) in [5.41, 5.74) is 5.97. The number of nitrogens with zero attached hydrogens (tertiary/aromatic N) is 5. The number of methoxy groups -OCH3 is 2. The number of imide groups is 1. The van der Waals surface area contributed by atoms with Crippen molar-refractivity contribution in [2.24, 2.45) is 18.9 Å². The number of aromatic nitrogens is 2. The van der Waals surface area contributed by atoms with Gasteiger partial charge in [0.15, 0.2) is 0 Å². The Morgan fingerprint density at radius 3 is 2.21 bits per heavy atom. The standard InChI is InChI=1S/C39H49N7O6/c1-23-24(2)39(50)43(3)21-30(23)25-14-34(51-4)31(35(15-25)52-5)22-44-12-10-28(11-13-44)45-17-26-19-46(20-27(26)18-45)29-6-7-32(40-16-29)37(48)41-33-8-9-36(47)42-38(33)49/h6-7,14-16,21,26-28,33H,8-13,17-20,22H2,1-5H3,(H,41,48)(H,42,47,49). The number of carbonyl (C=O) groups is 3. The fourth-order valence-electron chi connectivity index (χ4n) is 8.54. The highest BCUT2D eigenvalue weighted by molar-refractivity contribution is 6.03. The number of benzene rings is 1. The van der Waals surface area contributed by atoms with E-state index in [1.807, 2.05) is 26.1 Å². The number of rotatable bonds is 9. The molecule has 13 heteroatoms. The first-order valence-corrected chi connectivity index (χ1v) is 18.3. The first kappa shape index (κ1) is 35.6. The second-order valence-electron chi connectivity index (χ2n) is 14.8. The summed E-state index contributed by atoms with van der Waals surface area (Å²) >= 11 is 0. The van der Waals surface area contributed by atoms with Crippen LogP contribution in [0.25, 0.3) is 11.1 Å². The minimum Gasteiger partial charge on any atom is -0.496 e. The second-order valence-corrected chi connectivity index (χ2v) is 14.8. The molecule has 7 rings (SSSR count). The predicted octanol–water partition coefficient (Wildman–Crippen LogP) is 2.65. The van der Waals surface area contributed by atoms with E-state index in [-0.39, 0.29) is 23.6 Å². The normalized spacial score (nSPS) is 22.7. The van der Waals surface area contributed by atoms with Gasteiger partial charge >= 0.3 is 0 Å². The summed E-state index contributed by atoms with van der Waals surface area (Å²) in [6.07, 6.45) is 6.38. The van der Waals surface area contributed by atoms with Crippen LogP contribution in [-0.2, 0) is 23.2 Å². The van der Waals surface area contributed by atoms with Gasteiger partial charge in [-0.05, 0) is 93.4 Å². The second kappa shape index (κ2) is 14.7. The van der Waals surface area contributed by atoms with Crippen LogP contribution in [0.15, 0.2) is 41.5 Å². The van der Waals surface area contributed by atoms with E-state index in [9.17, 15) is 19.2 Å². The van der Waals surface area contributed by atoms with Gasteiger partial charge in [0, 0.05) is 69.6 Å². The summed E-state index contributed by atoms with van der Waals surface area (Å²) in [6, 6.07) is 7.62. The zero-order valence-electron chi connectivity index (χ0n) is 30.7. The molecule has 276 valence electrons. The number of likely N-dealkylation sites (tertiary alicyclic amines) is 2. The highest BCUT2D eigenvalue weighted by atomic mass is 16.5. The average Bonchev–Trinajstić information content (AvgIpc) is 3.74. The Kier molecular flexibility index (Phi) is 10.1. The lowest BCUT2D eigenvalue weighted by Crippen LogP contribution is -2.52.